The molecule has 3 aromatic rings. The number of benzene rings is 3. The summed E-state index contributed by atoms with van der Waals surface area (Å²) < 4.78 is 64.5. The van der Waals surface area contributed by atoms with Gasteiger partial charge in [-0.15, -0.1) is 0 Å². The highest BCUT2D eigenvalue weighted by Crippen LogP contribution is 2.30. The fraction of sp³-hybridized carbons (Fsp3) is 0.0870. The number of carbonyl (C=O) groups excluding carboxylic acids is 1. The van der Waals surface area contributed by atoms with Gasteiger partial charge in [-0.05, 0) is 29.3 Å². The molecule has 0 unspecified atom stereocenters. The molecule has 0 aliphatic heterocycles. The summed E-state index contributed by atoms with van der Waals surface area (Å²) in [7, 11) is -4.07. The largest absolute Gasteiger partial charge is 0.416 e. The first-order valence-electron chi connectivity index (χ1n) is 8.92. The van der Waals surface area contributed by atoms with Crippen molar-refractivity contribution in [2.75, 3.05) is 0 Å². The number of ketones is 1. The molecule has 0 saturated carbocycles. The molecule has 0 spiro atoms. The molecule has 30 heavy (non-hydrogen) atoms. The summed E-state index contributed by atoms with van der Waals surface area (Å²) in [5, 5.41) is 0. The van der Waals surface area contributed by atoms with Crippen LogP contribution in [0.2, 0.25) is 0 Å². The Labute approximate surface area is 172 Å². The Bertz CT molecular complexity index is 1150. The smallest absolute Gasteiger partial charge is 0.288 e. The van der Waals surface area contributed by atoms with Gasteiger partial charge < -0.3 is 0 Å². The van der Waals surface area contributed by atoms with Crippen molar-refractivity contribution >= 4 is 21.7 Å². The van der Waals surface area contributed by atoms with Gasteiger partial charge in [0.15, 0.2) is 9.84 Å². The normalized spacial score (nSPS) is 12.6. The van der Waals surface area contributed by atoms with Crippen molar-refractivity contribution in [1.82, 2.24) is 0 Å². The van der Waals surface area contributed by atoms with Crippen LogP contribution in [0.5, 0.6) is 0 Å². The van der Waals surface area contributed by atoms with Crippen LogP contribution in [0, 0.1) is 0 Å². The second kappa shape index (κ2) is 8.67. The lowest BCUT2D eigenvalue weighted by atomic mass is 10.1. The van der Waals surface area contributed by atoms with Crippen molar-refractivity contribution in [3.63, 3.8) is 0 Å². The summed E-state index contributed by atoms with van der Waals surface area (Å²) in [6, 6.07) is 20.2. The molecule has 0 radical (unpaired) electrons. The summed E-state index contributed by atoms with van der Waals surface area (Å²) in [4.78, 5) is 12.5. The third-order valence-electron chi connectivity index (χ3n) is 4.33. The lowest BCUT2D eigenvalue weighted by molar-refractivity contribution is -0.137. The molecule has 154 valence electrons. The number of hydrogen-bond acceptors (Lipinski definition) is 3. The Hall–Kier alpha value is -3.19. The minimum Gasteiger partial charge on any atom is -0.288 e. The van der Waals surface area contributed by atoms with Crippen LogP contribution in [0.4, 0.5) is 13.2 Å². The number of allylic oxidation sites excluding steroid dienone is 1. The SMILES string of the molecule is O=C(/C(=C\c1ccc(C(F)(F)F)cc1)S(=O)(=O)Cc1ccccc1)c1ccccc1. The predicted octanol–water partition coefficient (Wildman–Crippen LogP) is 5.54. The van der Waals surface area contributed by atoms with Crippen molar-refractivity contribution in [1.29, 1.82) is 0 Å². The zero-order valence-corrected chi connectivity index (χ0v) is 16.5. The number of carbonyl (C=O) groups is 1. The van der Waals surface area contributed by atoms with Crippen LogP contribution >= 0.6 is 0 Å². The quantitative estimate of drug-likeness (QED) is 0.381. The summed E-state index contributed by atoms with van der Waals surface area (Å²) in [6.45, 7) is 0. The van der Waals surface area contributed by atoms with Crippen LogP contribution < -0.4 is 0 Å². The lowest BCUT2D eigenvalue weighted by Gasteiger charge is -2.10. The fourth-order valence-corrected chi connectivity index (χ4v) is 4.32. The van der Waals surface area contributed by atoms with Crippen molar-refractivity contribution in [2.45, 2.75) is 11.9 Å². The monoisotopic (exact) mass is 430 g/mol. The molecule has 0 fully saturated rings. The third-order valence-corrected chi connectivity index (χ3v) is 6.02. The van der Waals surface area contributed by atoms with E-state index in [9.17, 15) is 26.4 Å². The molecule has 0 atom stereocenters. The van der Waals surface area contributed by atoms with Gasteiger partial charge in [0.25, 0.3) is 0 Å². The molecule has 0 heterocycles. The Morgan fingerprint density at radius 2 is 1.33 bits per heavy atom. The molecule has 0 N–H and O–H groups in total. The fourth-order valence-electron chi connectivity index (χ4n) is 2.82. The molecule has 3 aromatic carbocycles. The first-order valence-corrected chi connectivity index (χ1v) is 10.6. The van der Waals surface area contributed by atoms with Gasteiger partial charge in [-0.1, -0.05) is 72.8 Å². The Morgan fingerprint density at radius 3 is 1.87 bits per heavy atom. The number of halogens is 3. The molecule has 0 bridgehead atoms. The molecule has 0 aliphatic rings. The van der Waals surface area contributed by atoms with Gasteiger partial charge in [-0.3, -0.25) is 4.79 Å². The van der Waals surface area contributed by atoms with Gasteiger partial charge >= 0.3 is 6.18 Å². The highest BCUT2D eigenvalue weighted by Gasteiger charge is 2.30. The lowest BCUT2D eigenvalue weighted by Crippen LogP contribution is -2.16. The number of hydrogen-bond donors (Lipinski definition) is 0. The molecule has 3 rings (SSSR count). The van der Waals surface area contributed by atoms with Gasteiger partial charge in [0, 0.05) is 5.56 Å². The van der Waals surface area contributed by atoms with E-state index in [1.165, 1.54) is 12.1 Å². The molecule has 0 aromatic heterocycles. The van der Waals surface area contributed by atoms with Crippen LogP contribution in [0.1, 0.15) is 27.0 Å². The maximum Gasteiger partial charge on any atom is 0.416 e. The molecule has 0 saturated heterocycles. The van der Waals surface area contributed by atoms with Crippen LogP contribution in [0.3, 0.4) is 0 Å². The van der Waals surface area contributed by atoms with Crippen molar-refractivity contribution < 1.29 is 26.4 Å². The standard InChI is InChI=1S/C23H17F3O3S/c24-23(25,26)20-13-11-17(12-14-20)15-21(22(27)19-9-5-2-6-10-19)30(28,29)16-18-7-3-1-4-8-18/h1-15H,16H2/b21-15+. The Morgan fingerprint density at radius 1 is 0.800 bits per heavy atom. The van der Waals surface area contributed by atoms with Gasteiger partial charge in [0.05, 0.1) is 11.3 Å². The maximum atomic E-state index is 13.1. The minimum atomic E-state index is -4.51. The molecule has 0 amide bonds. The first kappa shape index (κ1) is 21.5. The molecule has 7 heteroatoms. The van der Waals surface area contributed by atoms with E-state index in [2.05, 4.69) is 0 Å². The van der Waals surface area contributed by atoms with E-state index in [1.54, 1.807) is 48.5 Å². The van der Waals surface area contributed by atoms with Crippen molar-refractivity contribution in [2.24, 2.45) is 0 Å². The van der Waals surface area contributed by atoms with E-state index in [-0.39, 0.29) is 11.1 Å². The van der Waals surface area contributed by atoms with E-state index >= 15 is 0 Å². The van der Waals surface area contributed by atoms with Crippen LogP contribution in [-0.2, 0) is 21.8 Å². The minimum absolute atomic E-state index is 0.173. The van der Waals surface area contributed by atoms with E-state index in [0.717, 1.165) is 30.3 Å². The van der Waals surface area contributed by atoms with E-state index in [4.69, 9.17) is 0 Å². The zero-order valence-electron chi connectivity index (χ0n) is 15.6. The zero-order chi connectivity index (χ0) is 21.8. The molecule has 3 nitrogen and oxygen atoms in total. The molecular formula is C23H17F3O3S. The molecular weight excluding hydrogens is 413 g/mol. The highest BCUT2D eigenvalue weighted by atomic mass is 32.2. The van der Waals surface area contributed by atoms with Gasteiger partial charge in [0.2, 0.25) is 5.78 Å². The van der Waals surface area contributed by atoms with Gasteiger partial charge in [-0.25, -0.2) is 8.42 Å². The Balaban J connectivity index is 2.05. The number of alkyl halides is 3. The second-order valence-corrected chi connectivity index (χ2v) is 8.53. The summed E-state index contributed by atoms with van der Waals surface area (Å²) in [5.41, 5.74) is -0.00868. The van der Waals surface area contributed by atoms with Crippen LogP contribution in [0.25, 0.3) is 6.08 Å². The maximum absolute atomic E-state index is 13.1. The number of Topliss-reactive ketones (excluding diaryl/α,β-unsaturated/α-hetero) is 1. The first-order chi connectivity index (χ1) is 14.2. The van der Waals surface area contributed by atoms with Gasteiger partial charge in [0.1, 0.15) is 4.91 Å². The van der Waals surface area contributed by atoms with E-state index in [1.807, 2.05) is 0 Å². The average molecular weight is 430 g/mol. The van der Waals surface area contributed by atoms with E-state index in [0.29, 0.717) is 5.56 Å². The number of sulfone groups is 1. The van der Waals surface area contributed by atoms with Crippen molar-refractivity contribution in [3.05, 3.63) is 112 Å². The van der Waals surface area contributed by atoms with Gasteiger partial charge in [-0.2, -0.15) is 13.2 Å². The van der Waals surface area contributed by atoms with E-state index < -0.39 is 38.0 Å². The average Bonchev–Trinajstić information content (AvgIpc) is 2.72. The molecule has 0 aliphatic carbocycles. The number of rotatable bonds is 6. The summed E-state index contributed by atoms with van der Waals surface area (Å²) in [6.07, 6.45) is -3.39. The topological polar surface area (TPSA) is 51.2 Å². The third kappa shape index (κ3) is 5.24. The summed E-state index contributed by atoms with van der Waals surface area (Å²) >= 11 is 0. The summed E-state index contributed by atoms with van der Waals surface area (Å²) in [5.74, 6) is -1.12. The predicted molar refractivity (Wildman–Crippen MR) is 109 cm³/mol. The highest BCUT2D eigenvalue weighted by molar-refractivity contribution is 7.95. The Kier molecular flexibility index (Phi) is 6.22. The van der Waals surface area contributed by atoms with Crippen LogP contribution in [-0.4, -0.2) is 14.2 Å². The second-order valence-electron chi connectivity index (χ2n) is 6.57. The van der Waals surface area contributed by atoms with Crippen LogP contribution in [0.15, 0.2) is 89.8 Å². The van der Waals surface area contributed by atoms with Crippen molar-refractivity contribution in [3.8, 4) is 0 Å².